The van der Waals surface area contributed by atoms with Gasteiger partial charge < -0.3 is 20.3 Å². The Balaban J connectivity index is 1.84. The van der Waals surface area contributed by atoms with Crippen LogP contribution in [-0.4, -0.2) is 46.9 Å². The van der Waals surface area contributed by atoms with Gasteiger partial charge in [0.15, 0.2) is 0 Å². The van der Waals surface area contributed by atoms with Crippen LogP contribution in [0.5, 0.6) is 0 Å². The molecule has 120 valence electrons. The van der Waals surface area contributed by atoms with Crippen molar-refractivity contribution in [3.8, 4) is 0 Å². The van der Waals surface area contributed by atoms with E-state index in [2.05, 4.69) is 40.7 Å². The van der Waals surface area contributed by atoms with Gasteiger partial charge in [-0.3, -0.25) is 0 Å². The third kappa shape index (κ3) is 3.05. The number of para-hydroxylation sites is 1. The second kappa shape index (κ2) is 6.82. The molecule has 1 unspecified atom stereocenters. The standard InChI is InChI=1S/C18H27N3O/c1-14-16(8-9-19)17-6-2-3-7-18(17)21(14)13-15(22)12-20-10-4-5-11-20/h2-3,6-7,15,22H,4-5,8-13,19H2,1H3. The lowest BCUT2D eigenvalue weighted by Crippen LogP contribution is -2.33. The van der Waals surface area contributed by atoms with Crippen molar-refractivity contribution >= 4 is 10.9 Å². The monoisotopic (exact) mass is 301 g/mol. The Morgan fingerprint density at radius 2 is 1.91 bits per heavy atom. The Labute approximate surface area is 132 Å². The lowest BCUT2D eigenvalue weighted by Gasteiger charge is -2.21. The molecule has 0 aliphatic carbocycles. The topological polar surface area (TPSA) is 54.4 Å². The number of benzene rings is 1. The fraction of sp³-hybridized carbons (Fsp3) is 0.556. The zero-order chi connectivity index (χ0) is 15.5. The first kappa shape index (κ1) is 15.5. The summed E-state index contributed by atoms with van der Waals surface area (Å²) in [5.74, 6) is 0. The molecule has 0 radical (unpaired) electrons. The number of aromatic nitrogens is 1. The minimum Gasteiger partial charge on any atom is -0.390 e. The minimum absolute atomic E-state index is 0.321. The van der Waals surface area contributed by atoms with Crippen molar-refractivity contribution in [1.29, 1.82) is 0 Å². The van der Waals surface area contributed by atoms with Crippen molar-refractivity contribution in [2.24, 2.45) is 5.73 Å². The first-order valence-corrected chi connectivity index (χ1v) is 8.38. The molecule has 2 aromatic rings. The molecule has 4 nitrogen and oxygen atoms in total. The molecule has 1 aromatic carbocycles. The lowest BCUT2D eigenvalue weighted by atomic mass is 10.1. The van der Waals surface area contributed by atoms with Crippen LogP contribution in [0.25, 0.3) is 10.9 Å². The highest BCUT2D eigenvalue weighted by molar-refractivity contribution is 5.85. The molecule has 4 heteroatoms. The Morgan fingerprint density at radius 1 is 1.18 bits per heavy atom. The van der Waals surface area contributed by atoms with Crippen molar-refractivity contribution in [3.63, 3.8) is 0 Å². The lowest BCUT2D eigenvalue weighted by molar-refractivity contribution is 0.110. The molecule has 2 heterocycles. The van der Waals surface area contributed by atoms with Crippen molar-refractivity contribution in [1.82, 2.24) is 9.47 Å². The number of hydrogen-bond donors (Lipinski definition) is 2. The summed E-state index contributed by atoms with van der Waals surface area (Å²) in [6.45, 7) is 6.49. The maximum absolute atomic E-state index is 10.5. The Bertz CT molecular complexity index is 629. The van der Waals surface area contributed by atoms with Crippen LogP contribution in [0.15, 0.2) is 24.3 Å². The normalized spacial score (nSPS) is 17.4. The number of rotatable bonds is 6. The summed E-state index contributed by atoms with van der Waals surface area (Å²) >= 11 is 0. The predicted octanol–water partition coefficient (Wildman–Crippen LogP) is 1.91. The largest absolute Gasteiger partial charge is 0.390 e. The molecule has 0 amide bonds. The Morgan fingerprint density at radius 3 is 2.64 bits per heavy atom. The Hall–Kier alpha value is -1.36. The van der Waals surface area contributed by atoms with Crippen molar-refractivity contribution in [3.05, 3.63) is 35.5 Å². The van der Waals surface area contributed by atoms with Crippen LogP contribution in [0.2, 0.25) is 0 Å². The molecule has 1 atom stereocenters. The van der Waals surface area contributed by atoms with E-state index in [9.17, 15) is 5.11 Å². The van der Waals surface area contributed by atoms with Crippen LogP contribution in [0.3, 0.4) is 0 Å². The summed E-state index contributed by atoms with van der Waals surface area (Å²) in [6.07, 6.45) is 3.09. The molecule has 1 aromatic heterocycles. The fourth-order valence-electron chi connectivity index (χ4n) is 3.73. The Kier molecular flexibility index (Phi) is 4.81. The van der Waals surface area contributed by atoms with Gasteiger partial charge in [0.05, 0.1) is 12.6 Å². The second-order valence-electron chi connectivity index (χ2n) is 6.39. The van der Waals surface area contributed by atoms with E-state index in [1.165, 1.54) is 35.0 Å². The zero-order valence-corrected chi connectivity index (χ0v) is 13.5. The molecule has 0 bridgehead atoms. The average molecular weight is 301 g/mol. The van der Waals surface area contributed by atoms with Gasteiger partial charge in [0.25, 0.3) is 0 Å². The van der Waals surface area contributed by atoms with Crippen LogP contribution in [-0.2, 0) is 13.0 Å². The number of fused-ring (bicyclic) bond motifs is 1. The van der Waals surface area contributed by atoms with Crippen LogP contribution in [0, 0.1) is 6.92 Å². The maximum Gasteiger partial charge on any atom is 0.0845 e. The second-order valence-corrected chi connectivity index (χ2v) is 6.39. The summed E-state index contributed by atoms with van der Waals surface area (Å²) < 4.78 is 2.26. The molecule has 0 saturated carbocycles. The maximum atomic E-state index is 10.5. The molecule has 22 heavy (non-hydrogen) atoms. The number of aliphatic hydroxyl groups is 1. The van der Waals surface area contributed by atoms with Crippen LogP contribution < -0.4 is 5.73 Å². The quantitative estimate of drug-likeness (QED) is 0.857. The van der Waals surface area contributed by atoms with Crippen LogP contribution in [0.4, 0.5) is 0 Å². The van der Waals surface area contributed by atoms with Crippen molar-refractivity contribution in [2.75, 3.05) is 26.2 Å². The molecule has 1 aliphatic rings. The molecule has 1 saturated heterocycles. The summed E-state index contributed by atoms with van der Waals surface area (Å²) in [5, 5.41) is 11.8. The SMILES string of the molecule is Cc1c(CCN)c2ccccc2n1CC(O)CN1CCCC1. The van der Waals surface area contributed by atoms with Gasteiger partial charge in [0.1, 0.15) is 0 Å². The predicted molar refractivity (Wildman–Crippen MR) is 91.1 cm³/mol. The third-order valence-electron chi connectivity index (χ3n) is 4.82. The van der Waals surface area contributed by atoms with E-state index >= 15 is 0 Å². The van der Waals surface area contributed by atoms with Gasteiger partial charge in [-0.1, -0.05) is 18.2 Å². The van der Waals surface area contributed by atoms with Gasteiger partial charge in [0.2, 0.25) is 0 Å². The first-order chi connectivity index (χ1) is 10.7. The van der Waals surface area contributed by atoms with Gasteiger partial charge >= 0.3 is 0 Å². The molecular formula is C18H27N3O. The van der Waals surface area contributed by atoms with E-state index < -0.39 is 0 Å². The molecule has 0 spiro atoms. The summed E-state index contributed by atoms with van der Waals surface area (Å²) in [7, 11) is 0. The summed E-state index contributed by atoms with van der Waals surface area (Å²) in [6, 6.07) is 8.45. The highest BCUT2D eigenvalue weighted by atomic mass is 16.3. The highest BCUT2D eigenvalue weighted by Crippen LogP contribution is 2.26. The van der Waals surface area contributed by atoms with E-state index in [0.29, 0.717) is 13.1 Å². The highest BCUT2D eigenvalue weighted by Gasteiger charge is 2.19. The van der Waals surface area contributed by atoms with Crippen LogP contribution >= 0.6 is 0 Å². The van der Waals surface area contributed by atoms with Gasteiger partial charge in [-0.15, -0.1) is 0 Å². The number of likely N-dealkylation sites (tertiary alicyclic amines) is 1. The molecule has 3 rings (SSSR count). The van der Waals surface area contributed by atoms with Crippen LogP contribution in [0.1, 0.15) is 24.1 Å². The van der Waals surface area contributed by atoms with E-state index in [0.717, 1.165) is 26.1 Å². The van der Waals surface area contributed by atoms with Crippen molar-refractivity contribution in [2.45, 2.75) is 38.8 Å². The molecule has 1 fully saturated rings. The van der Waals surface area contributed by atoms with Gasteiger partial charge in [-0.05, 0) is 57.5 Å². The number of aliphatic hydroxyl groups excluding tert-OH is 1. The summed E-state index contributed by atoms with van der Waals surface area (Å²) in [5.41, 5.74) is 9.55. The van der Waals surface area contributed by atoms with Gasteiger partial charge in [-0.25, -0.2) is 0 Å². The van der Waals surface area contributed by atoms with Gasteiger partial charge in [-0.2, -0.15) is 0 Å². The minimum atomic E-state index is -0.321. The third-order valence-corrected chi connectivity index (χ3v) is 4.82. The zero-order valence-electron chi connectivity index (χ0n) is 13.5. The molecule has 1 aliphatic heterocycles. The van der Waals surface area contributed by atoms with Crippen molar-refractivity contribution < 1.29 is 5.11 Å². The summed E-state index contributed by atoms with van der Waals surface area (Å²) in [4.78, 5) is 2.37. The number of nitrogens with two attached hydrogens (primary N) is 1. The average Bonchev–Trinajstić information content (AvgIpc) is 3.10. The first-order valence-electron chi connectivity index (χ1n) is 8.38. The molecule has 3 N–H and O–H groups in total. The number of hydrogen-bond acceptors (Lipinski definition) is 3. The molecular weight excluding hydrogens is 274 g/mol. The smallest absolute Gasteiger partial charge is 0.0845 e. The van der Waals surface area contributed by atoms with Gasteiger partial charge in [0, 0.05) is 23.1 Å². The van der Waals surface area contributed by atoms with E-state index in [4.69, 9.17) is 5.73 Å². The number of β-amino-alcohol motifs (C(OH)–C–C–N with tert-alkyl or cyclic N) is 1. The van der Waals surface area contributed by atoms with E-state index in [-0.39, 0.29) is 6.10 Å². The fourth-order valence-corrected chi connectivity index (χ4v) is 3.73. The van der Waals surface area contributed by atoms with E-state index in [1.54, 1.807) is 0 Å². The van der Waals surface area contributed by atoms with E-state index in [1.807, 2.05) is 0 Å². The number of nitrogens with zero attached hydrogens (tertiary/aromatic N) is 2.